The van der Waals surface area contributed by atoms with E-state index in [-0.39, 0.29) is 6.10 Å². The first-order valence-corrected chi connectivity index (χ1v) is 5.36. The number of aliphatic hydroxyl groups is 1. The second-order valence-corrected chi connectivity index (χ2v) is 4.01. The molecule has 1 aliphatic rings. The number of aryl methyl sites for hydroxylation is 1. The van der Waals surface area contributed by atoms with Crippen molar-refractivity contribution in [3.63, 3.8) is 0 Å². The van der Waals surface area contributed by atoms with Crippen LogP contribution in [0.3, 0.4) is 0 Å². The van der Waals surface area contributed by atoms with Crippen molar-refractivity contribution >= 4 is 5.69 Å². The Morgan fingerprint density at radius 2 is 2.33 bits per heavy atom. The van der Waals surface area contributed by atoms with Crippen LogP contribution in [0.1, 0.15) is 18.9 Å². The molecule has 0 saturated carbocycles. The zero-order chi connectivity index (χ0) is 10.8. The minimum absolute atomic E-state index is 0.0652. The van der Waals surface area contributed by atoms with E-state index in [0.717, 1.165) is 24.3 Å². The largest absolute Gasteiger partial charge is 0.487 e. The Kier molecular flexibility index (Phi) is 2.82. The molecule has 0 amide bonds. The summed E-state index contributed by atoms with van der Waals surface area (Å²) in [6, 6.07) is 6.12. The number of rotatable bonds is 2. The fraction of sp³-hybridized carbons (Fsp3) is 0.500. The van der Waals surface area contributed by atoms with Crippen LogP contribution in [0.15, 0.2) is 18.2 Å². The van der Waals surface area contributed by atoms with Crippen LogP contribution in [0.2, 0.25) is 0 Å². The number of anilines is 1. The lowest BCUT2D eigenvalue weighted by Gasteiger charge is -2.28. The average molecular weight is 207 g/mol. The normalized spacial score (nSPS) is 21.4. The van der Waals surface area contributed by atoms with Crippen molar-refractivity contribution in [1.29, 1.82) is 0 Å². The summed E-state index contributed by atoms with van der Waals surface area (Å²) >= 11 is 0. The lowest BCUT2D eigenvalue weighted by molar-refractivity contribution is 0.0358. The lowest BCUT2D eigenvalue weighted by Crippen LogP contribution is -2.32. The van der Waals surface area contributed by atoms with Gasteiger partial charge in [0.25, 0.3) is 0 Å². The number of nitrogens with one attached hydrogen (secondary N) is 1. The molecule has 0 radical (unpaired) electrons. The zero-order valence-electron chi connectivity index (χ0n) is 9.16. The molecular formula is C12H17NO2. The van der Waals surface area contributed by atoms with Crippen molar-refractivity contribution in [2.75, 3.05) is 12.4 Å². The Labute approximate surface area is 90.1 Å². The highest BCUT2D eigenvalue weighted by Gasteiger charge is 2.23. The summed E-state index contributed by atoms with van der Waals surface area (Å²) in [6.07, 6.45) is 1.40. The maximum atomic E-state index is 9.49. The lowest BCUT2D eigenvalue weighted by atomic mass is 9.99. The highest BCUT2D eigenvalue weighted by molar-refractivity contribution is 5.52. The highest BCUT2D eigenvalue weighted by Crippen LogP contribution is 2.31. The van der Waals surface area contributed by atoms with Gasteiger partial charge in [0.1, 0.15) is 11.9 Å². The van der Waals surface area contributed by atoms with E-state index in [0.29, 0.717) is 0 Å². The van der Waals surface area contributed by atoms with Gasteiger partial charge in [-0.05, 0) is 31.4 Å². The molecule has 1 heterocycles. The van der Waals surface area contributed by atoms with Crippen molar-refractivity contribution in [1.82, 2.24) is 0 Å². The molecule has 2 N–H and O–H groups in total. The van der Waals surface area contributed by atoms with Gasteiger partial charge in [0.15, 0.2) is 0 Å². The van der Waals surface area contributed by atoms with Crippen LogP contribution in [0.5, 0.6) is 5.75 Å². The van der Waals surface area contributed by atoms with E-state index >= 15 is 0 Å². The minimum Gasteiger partial charge on any atom is -0.487 e. The van der Waals surface area contributed by atoms with Gasteiger partial charge in [0.05, 0.1) is 6.10 Å². The number of benzene rings is 1. The summed E-state index contributed by atoms with van der Waals surface area (Å²) in [5.74, 6) is 0.902. The van der Waals surface area contributed by atoms with E-state index in [4.69, 9.17) is 4.74 Å². The van der Waals surface area contributed by atoms with E-state index in [1.807, 2.05) is 19.2 Å². The fourth-order valence-electron chi connectivity index (χ4n) is 1.89. The number of aliphatic hydroxyl groups excluding tert-OH is 1. The van der Waals surface area contributed by atoms with Gasteiger partial charge < -0.3 is 15.2 Å². The molecule has 0 aromatic heterocycles. The van der Waals surface area contributed by atoms with Crippen LogP contribution < -0.4 is 10.1 Å². The predicted molar refractivity (Wildman–Crippen MR) is 60.4 cm³/mol. The first-order chi connectivity index (χ1) is 7.20. The number of fused-ring (bicyclic) bond motifs is 1. The Balaban J connectivity index is 2.23. The number of ether oxygens (including phenoxy) is 1. The van der Waals surface area contributed by atoms with Crippen LogP contribution in [0.4, 0.5) is 5.69 Å². The highest BCUT2D eigenvalue weighted by atomic mass is 16.5. The van der Waals surface area contributed by atoms with Gasteiger partial charge in [-0.2, -0.15) is 0 Å². The van der Waals surface area contributed by atoms with Crippen LogP contribution >= 0.6 is 0 Å². The molecule has 0 aliphatic carbocycles. The third-order valence-electron chi connectivity index (χ3n) is 2.87. The third-order valence-corrected chi connectivity index (χ3v) is 2.87. The van der Waals surface area contributed by atoms with Crippen molar-refractivity contribution < 1.29 is 9.84 Å². The van der Waals surface area contributed by atoms with Gasteiger partial charge in [-0.3, -0.25) is 0 Å². The van der Waals surface area contributed by atoms with Crippen molar-refractivity contribution in [2.45, 2.75) is 32.0 Å². The number of hydrogen-bond acceptors (Lipinski definition) is 3. The molecule has 2 atom stereocenters. The van der Waals surface area contributed by atoms with E-state index in [1.54, 1.807) is 6.92 Å². The van der Waals surface area contributed by atoms with Gasteiger partial charge >= 0.3 is 0 Å². The zero-order valence-corrected chi connectivity index (χ0v) is 9.16. The Morgan fingerprint density at radius 3 is 3.00 bits per heavy atom. The van der Waals surface area contributed by atoms with Crippen molar-refractivity contribution in [2.24, 2.45) is 0 Å². The summed E-state index contributed by atoms with van der Waals surface area (Å²) in [7, 11) is 1.89. The number of hydrogen-bond donors (Lipinski definition) is 2. The maximum absolute atomic E-state index is 9.49. The maximum Gasteiger partial charge on any atom is 0.125 e. The second-order valence-electron chi connectivity index (χ2n) is 4.01. The molecule has 0 saturated heterocycles. The third kappa shape index (κ3) is 2.07. The molecule has 1 aliphatic heterocycles. The van der Waals surface area contributed by atoms with Gasteiger partial charge in [-0.1, -0.05) is 6.07 Å². The first kappa shape index (κ1) is 10.3. The van der Waals surface area contributed by atoms with Crippen LogP contribution in [-0.4, -0.2) is 24.4 Å². The van der Waals surface area contributed by atoms with Gasteiger partial charge in [-0.25, -0.2) is 0 Å². The molecule has 0 bridgehead atoms. The van der Waals surface area contributed by atoms with E-state index in [9.17, 15) is 5.11 Å². The van der Waals surface area contributed by atoms with Gasteiger partial charge in [0, 0.05) is 18.8 Å². The Hall–Kier alpha value is -1.22. The summed E-state index contributed by atoms with van der Waals surface area (Å²) in [5, 5.41) is 12.6. The quantitative estimate of drug-likeness (QED) is 0.777. The molecule has 3 heteroatoms. The standard InChI is InChI=1S/C12H17NO2/c1-8(14)11-6-4-9-3-5-10(13-2)7-12(9)15-11/h3,5,7-8,11,13-14H,4,6H2,1-2H3. The summed E-state index contributed by atoms with van der Waals surface area (Å²) in [4.78, 5) is 0. The molecule has 3 nitrogen and oxygen atoms in total. The topological polar surface area (TPSA) is 41.5 Å². The average Bonchev–Trinajstić information content (AvgIpc) is 2.27. The molecule has 2 unspecified atom stereocenters. The van der Waals surface area contributed by atoms with Gasteiger partial charge in [0.2, 0.25) is 0 Å². The SMILES string of the molecule is CNc1ccc2c(c1)OC(C(C)O)CC2. The van der Waals surface area contributed by atoms with Crippen LogP contribution in [-0.2, 0) is 6.42 Å². The van der Waals surface area contributed by atoms with Gasteiger partial charge in [-0.15, -0.1) is 0 Å². The molecule has 0 spiro atoms. The molecule has 15 heavy (non-hydrogen) atoms. The molecule has 1 aromatic carbocycles. The molecule has 82 valence electrons. The Bertz CT molecular complexity index is 349. The molecular weight excluding hydrogens is 190 g/mol. The van der Waals surface area contributed by atoms with Crippen LogP contribution in [0, 0.1) is 0 Å². The van der Waals surface area contributed by atoms with Crippen molar-refractivity contribution in [3.8, 4) is 5.75 Å². The second kappa shape index (κ2) is 4.11. The summed E-state index contributed by atoms with van der Waals surface area (Å²) < 4.78 is 5.75. The summed E-state index contributed by atoms with van der Waals surface area (Å²) in [5.41, 5.74) is 2.27. The van der Waals surface area contributed by atoms with E-state index < -0.39 is 6.10 Å². The fourth-order valence-corrected chi connectivity index (χ4v) is 1.89. The molecule has 0 fully saturated rings. The van der Waals surface area contributed by atoms with Crippen LogP contribution in [0.25, 0.3) is 0 Å². The van der Waals surface area contributed by atoms with Crippen molar-refractivity contribution in [3.05, 3.63) is 23.8 Å². The first-order valence-electron chi connectivity index (χ1n) is 5.36. The predicted octanol–water partition coefficient (Wildman–Crippen LogP) is 1.80. The summed E-state index contributed by atoms with van der Waals surface area (Å²) in [6.45, 7) is 1.78. The molecule has 1 aromatic rings. The van der Waals surface area contributed by atoms with E-state index in [1.165, 1.54) is 5.56 Å². The molecule has 2 rings (SSSR count). The monoisotopic (exact) mass is 207 g/mol. The smallest absolute Gasteiger partial charge is 0.125 e. The Morgan fingerprint density at radius 1 is 1.53 bits per heavy atom. The van der Waals surface area contributed by atoms with E-state index in [2.05, 4.69) is 11.4 Å². The minimum atomic E-state index is -0.406.